The van der Waals surface area contributed by atoms with E-state index in [1.165, 1.54) is 33.3 Å². The minimum atomic E-state index is -3.53. The fraction of sp³-hybridized carbons (Fsp3) is 0.360. The standard InChI is InChI=1S/C25H29N3O3S2/c1-17(2)19-4-6-20(7-5-19)23-16-32-25(26-23)27-24(29)21-8-10-22(11-9-21)33(30,31)28-14-12-18(3)13-15-28/h4-11,16-18H,12-15H2,1-3H3,(H,26,27,29). The van der Waals surface area contributed by atoms with E-state index >= 15 is 0 Å². The van der Waals surface area contributed by atoms with Gasteiger partial charge in [-0.15, -0.1) is 11.3 Å². The number of anilines is 1. The summed E-state index contributed by atoms with van der Waals surface area (Å²) in [6, 6.07) is 14.4. The third-order valence-corrected chi connectivity index (χ3v) is 8.77. The van der Waals surface area contributed by atoms with E-state index in [-0.39, 0.29) is 10.8 Å². The van der Waals surface area contributed by atoms with E-state index in [1.54, 1.807) is 12.1 Å². The van der Waals surface area contributed by atoms with Crippen molar-refractivity contribution in [3.05, 3.63) is 65.0 Å². The van der Waals surface area contributed by atoms with Crippen molar-refractivity contribution in [1.82, 2.24) is 9.29 Å². The highest BCUT2D eigenvalue weighted by Gasteiger charge is 2.28. The van der Waals surface area contributed by atoms with Crippen LogP contribution in [0.1, 0.15) is 55.5 Å². The maximum absolute atomic E-state index is 12.9. The zero-order valence-electron chi connectivity index (χ0n) is 19.1. The lowest BCUT2D eigenvalue weighted by molar-refractivity contribution is 0.102. The molecule has 0 spiro atoms. The second-order valence-corrected chi connectivity index (χ2v) is 11.7. The first-order chi connectivity index (χ1) is 15.7. The second kappa shape index (κ2) is 9.75. The van der Waals surface area contributed by atoms with Crippen molar-refractivity contribution in [2.75, 3.05) is 18.4 Å². The molecule has 0 radical (unpaired) electrons. The molecule has 1 saturated heterocycles. The summed E-state index contributed by atoms with van der Waals surface area (Å²) in [5.74, 6) is 0.698. The molecular formula is C25H29N3O3S2. The van der Waals surface area contributed by atoms with E-state index in [9.17, 15) is 13.2 Å². The molecule has 33 heavy (non-hydrogen) atoms. The van der Waals surface area contributed by atoms with Crippen LogP contribution < -0.4 is 5.32 Å². The Hall–Kier alpha value is -2.55. The molecule has 0 aliphatic carbocycles. The van der Waals surface area contributed by atoms with Gasteiger partial charge in [-0.3, -0.25) is 10.1 Å². The predicted octanol–water partition coefficient (Wildman–Crippen LogP) is 5.61. The number of sulfonamides is 1. The molecule has 1 fully saturated rings. The smallest absolute Gasteiger partial charge is 0.257 e. The Morgan fingerprint density at radius 2 is 1.70 bits per heavy atom. The Kier molecular flexibility index (Phi) is 6.97. The number of piperidine rings is 1. The molecular weight excluding hydrogens is 454 g/mol. The number of thiazole rings is 1. The van der Waals surface area contributed by atoms with Gasteiger partial charge < -0.3 is 0 Å². The SMILES string of the molecule is CC1CCN(S(=O)(=O)c2ccc(C(=O)Nc3nc(-c4ccc(C(C)C)cc4)cs3)cc2)CC1. The van der Waals surface area contributed by atoms with Gasteiger partial charge in [-0.05, 0) is 54.5 Å². The zero-order chi connectivity index (χ0) is 23.6. The average Bonchev–Trinajstić information content (AvgIpc) is 3.28. The molecule has 174 valence electrons. The lowest BCUT2D eigenvalue weighted by atomic mass is 10.0. The van der Waals surface area contributed by atoms with Crippen LogP contribution >= 0.6 is 11.3 Å². The van der Waals surface area contributed by atoms with Gasteiger partial charge in [0.1, 0.15) is 0 Å². The molecule has 1 aromatic heterocycles. The van der Waals surface area contributed by atoms with Crippen molar-refractivity contribution in [1.29, 1.82) is 0 Å². The third-order valence-electron chi connectivity index (χ3n) is 6.09. The largest absolute Gasteiger partial charge is 0.298 e. The van der Waals surface area contributed by atoms with Gasteiger partial charge >= 0.3 is 0 Å². The summed E-state index contributed by atoms with van der Waals surface area (Å²) in [7, 11) is -3.53. The van der Waals surface area contributed by atoms with Crippen LogP contribution in [0.4, 0.5) is 5.13 Å². The van der Waals surface area contributed by atoms with Gasteiger partial charge in [0.05, 0.1) is 10.6 Å². The number of benzene rings is 2. The fourth-order valence-electron chi connectivity index (χ4n) is 3.82. The Morgan fingerprint density at radius 3 is 2.30 bits per heavy atom. The van der Waals surface area contributed by atoms with E-state index in [0.717, 1.165) is 24.1 Å². The van der Waals surface area contributed by atoms with Gasteiger partial charge in [0.2, 0.25) is 10.0 Å². The topological polar surface area (TPSA) is 79.4 Å². The van der Waals surface area contributed by atoms with Crippen molar-refractivity contribution in [2.24, 2.45) is 5.92 Å². The summed E-state index contributed by atoms with van der Waals surface area (Å²) >= 11 is 1.36. The van der Waals surface area contributed by atoms with Crippen LogP contribution in [0, 0.1) is 5.92 Å². The first-order valence-corrected chi connectivity index (χ1v) is 13.5. The van der Waals surface area contributed by atoms with Gasteiger partial charge in [-0.25, -0.2) is 13.4 Å². The number of amides is 1. The summed E-state index contributed by atoms with van der Waals surface area (Å²) in [5, 5.41) is 5.23. The molecule has 0 unspecified atom stereocenters. The van der Waals surface area contributed by atoms with E-state index in [4.69, 9.17) is 0 Å². The molecule has 6 nitrogen and oxygen atoms in total. The van der Waals surface area contributed by atoms with Crippen molar-refractivity contribution < 1.29 is 13.2 Å². The fourth-order valence-corrected chi connectivity index (χ4v) is 6.01. The molecule has 4 rings (SSSR count). The minimum absolute atomic E-state index is 0.218. The molecule has 2 heterocycles. The van der Waals surface area contributed by atoms with E-state index < -0.39 is 10.0 Å². The maximum atomic E-state index is 12.9. The molecule has 1 aliphatic rings. The van der Waals surface area contributed by atoms with Crippen molar-refractivity contribution in [3.8, 4) is 11.3 Å². The molecule has 1 N–H and O–H groups in total. The van der Waals surface area contributed by atoms with E-state index in [1.807, 2.05) is 17.5 Å². The molecule has 0 saturated carbocycles. The monoisotopic (exact) mass is 483 g/mol. The summed E-state index contributed by atoms with van der Waals surface area (Å²) in [6.45, 7) is 7.53. The first kappa shape index (κ1) is 23.6. The number of hydrogen-bond donors (Lipinski definition) is 1. The normalized spacial score (nSPS) is 15.6. The van der Waals surface area contributed by atoms with E-state index in [0.29, 0.717) is 35.6 Å². The van der Waals surface area contributed by atoms with Crippen LogP contribution in [0.25, 0.3) is 11.3 Å². The lowest BCUT2D eigenvalue weighted by Crippen LogP contribution is -2.37. The molecule has 1 amide bonds. The number of rotatable bonds is 6. The number of hydrogen-bond acceptors (Lipinski definition) is 5. The summed E-state index contributed by atoms with van der Waals surface area (Å²) in [4.78, 5) is 17.4. The van der Waals surface area contributed by atoms with Crippen LogP contribution in [-0.2, 0) is 10.0 Å². The molecule has 2 aromatic carbocycles. The number of nitrogens with zero attached hydrogens (tertiary/aromatic N) is 2. The van der Waals surface area contributed by atoms with Crippen molar-refractivity contribution in [2.45, 2.75) is 44.4 Å². The van der Waals surface area contributed by atoms with Crippen LogP contribution in [0.3, 0.4) is 0 Å². The highest BCUT2D eigenvalue weighted by molar-refractivity contribution is 7.89. The number of carbonyl (C=O) groups excluding carboxylic acids is 1. The van der Waals surface area contributed by atoms with Crippen LogP contribution in [-0.4, -0.2) is 36.7 Å². The molecule has 8 heteroatoms. The van der Waals surface area contributed by atoms with E-state index in [2.05, 4.69) is 43.2 Å². The summed E-state index contributed by atoms with van der Waals surface area (Å²) in [6.07, 6.45) is 1.74. The van der Waals surface area contributed by atoms with Gasteiger partial charge in [0.15, 0.2) is 5.13 Å². The molecule has 0 bridgehead atoms. The van der Waals surface area contributed by atoms with Crippen molar-refractivity contribution >= 4 is 32.4 Å². The molecule has 0 atom stereocenters. The quantitative estimate of drug-likeness (QED) is 0.494. The Labute approximate surface area is 199 Å². The van der Waals surface area contributed by atoms with Crippen molar-refractivity contribution in [3.63, 3.8) is 0 Å². The van der Waals surface area contributed by atoms with Gasteiger partial charge in [0, 0.05) is 29.6 Å². The highest BCUT2D eigenvalue weighted by Crippen LogP contribution is 2.27. The predicted molar refractivity (Wildman–Crippen MR) is 133 cm³/mol. The summed E-state index contributed by atoms with van der Waals surface area (Å²) < 4.78 is 27.3. The van der Waals surface area contributed by atoms with Gasteiger partial charge in [-0.1, -0.05) is 45.0 Å². The van der Waals surface area contributed by atoms with Gasteiger partial charge in [0.25, 0.3) is 5.91 Å². The van der Waals surface area contributed by atoms with Crippen LogP contribution in [0.2, 0.25) is 0 Å². The van der Waals surface area contributed by atoms with Crippen LogP contribution in [0.5, 0.6) is 0 Å². The minimum Gasteiger partial charge on any atom is -0.298 e. The average molecular weight is 484 g/mol. The number of nitrogens with one attached hydrogen (secondary N) is 1. The Bertz CT molecular complexity index is 1210. The third kappa shape index (κ3) is 5.34. The molecule has 3 aromatic rings. The Morgan fingerprint density at radius 1 is 1.06 bits per heavy atom. The summed E-state index contributed by atoms with van der Waals surface area (Å²) in [5.41, 5.74) is 3.46. The molecule has 1 aliphatic heterocycles. The van der Waals surface area contributed by atoms with Crippen LogP contribution in [0.15, 0.2) is 58.8 Å². The Balaban J connectivity index is 1.42. The van der Waals surface area contributed by atoms with Gasteiger partial charge in [-0.2, -0.15) is 4.31 Å². The second-order valence-electron chi connectivity index (χ2n) is 8.88. The number of aromatic nitrogens is 1. The number of carbonyl (C=O) groups is 1. The lowest BCUT2D eigenvalue weighted by Gasteiger charge is -2.29. The maximum Gasteiger partial charge on any atom is 0.257 e. The first-order valence-electron chi connectivity index (χ1n) is 11.2. The zero-order valence-corrected chi connectivity index (χ0v) is 20.7. The highest BCUT2D eigenvalue weighted by atomic mass is 32.2.